The predicted octanol–water partition coefficient (Wildman–Crippen LogP) is 2.86. The molecule has 0 saturated carbocycles. The fraction of sp³-hybridized carbons (Fsp3) is 0.250. The molecule has 5 nitrogen and oxygen atoms in total. The number of benzene rings is 2. The largest absolute Gasteiger partial charge is 0.367 e. The number of carbonyl (C=O) groups excluding carboxylic acids is 2. The van der Waals surface area contributed by atoms with Crippen LogP contribution >= 0.6 is 0 Å². The van der Waals surface area contributed by atoms with Crippen LogP contribution in [0.25, 0.3) is 0 Å². The zero-order valence-electron chi connectivity index (χ0n) is 14.4. The lowest BCUT2D eigenvalue weighted by atomic mass is 10.0. The minimum Gasteiger partial charge on any atom is -0.367 e. The van der Waals surface area contributed by atoms with Crippen molar-refractivity contribution in [2.24, 2.45) is 0 Å². The van der Waals surface area contributed by atoms with Gasteiger partial charge in [0.15, 0.2) is 5.78 Å². The van der Waals surface area contributed by atoms with Crippen molar-refractivity contribution in [2.75, 3.05) is 31.1 Å². The van der Waals surface area contributed by atoms with Gasteiger partial charge in [-0.25, -0.2) is 4.39 Å². The van der Waals surface area contributed by atoms with E-state index in [0.717, 1.165) is 5.69 Å². The van der Waals surface area contributed by atoms with Gasteiger partial charge in [-0.3, -0.25) is 9.59 Å². The highest BCUT2D eigenvalue weighted by Crippen LogP contribution is 2.24. The van der Waals surface area contributed by atoms with Gasteiger partial charge >= 0.3 is 0 Å². The summed E-state index contributed by atoms with van der Waals surface area (Å²) in [5.41, 5.74) is 2.10. The van der Waals surface area contributed by atoms with Gasteiger partial charge < -0.3 is 9.80 Å². The molecule has 0 unspecified atom stereocenters. The van der Waals surface area contributed by atoms with E-state index in [1.807, 2.05) is 4.90 Å². The van der Waals surface area contributed by atoms with E-state index in [2.05, 4.69) is 6.07 Å². The van der Waals surface area contributed by atoms with Crippen molar-refractivity contribution in [1.29, 1.82) is 5.26 Å². The zero-order valence-corrected chi connectivity index (χ0v) is 14.4. The zero-order chi connectivity index (χ0) is 18.7. The number of hydrogen-bond acceptors (Lipinski definition) is 4. The molecule has 0 radical (unpaired) electrons. The van der Waals surface area contributed by atoms with E-state index >= 15 is 0 Å². The molecule has 1 aliphatic heterocycles. The summed E-state index contributed by atoms with van der Waals surface area (Å²) >= 11 is 0. The highest BCUT2D eigenvalue weighted by molar-refractivity contribution is 6.00. The van der Waals surface area contributed by atoms with Crippen LogP contribution in [0.15, 0.2) is 42.5 Å². The third kappa shape index (κ3) is 3.57. The summed E-state index contributed by atoms with van der Waals surface area (Å²) in [5, 5.41) is 9.12. The Labute approximate surface area is 151 Å². The van der Waals surface area contributed by atoms with Crippen LogP contribution in [-0.2, 0) is 0 Å². The molecule has 26 heavy (non-hydrogen) atoms. The van der Waals surface area contributed by atoms with Gasteiger partial charge in [-0.15, -0.1) is 0 Å². The van der Waals surface area contributed by atoms with Crippen molar-refractivity contribution < 1.29 is 14.0 Å². The molecule has 3 rings (SSSR count). The summed E-state index contributed by atoms with van der Waals surface area (Å²) in [6, 6.07) is 12.8. The molecule has 1 amide bonds. The van der Waals surface area contributed by atoms with Crippen molar-refractivity contribution in [3.05, 3.63) is 65.0 Å². The number of anilines is 1. The molecule has 2 aromatic carbocycles. The number of Topliss-reactive ketones (excluding diaryl/α,β-unsaturated/α-hetero) is 1. The highest BCUT2D eigenvalue weighted by Gasteiger charge is 2.24. The third-order valence-corrected chi connectivity index (χ3v) is 4.49. The Hall–Kier alpha value is -3.20. The summed E-state index contributed by atoms with van der Waals surface area (Å²) in [4.78, 5) is 28.1. The molecule has 2 aromatic rings. The lowest BCUT2D eigenvalue weighted by Crippen LogP contribution is -2.49. The second-order valence-corrected chi connectivity index (χ2v) is 6.19. The summed E-state index contributed by atoms with van der Waals surface area (Å²) in [5.74, 6) is -0.710. The first kappa shape index (κ1) is 17.6. The second-order valence-electron chi connectivity index (χ2n) is 6.19. The van der Waals surface area contributed by atoms with E-state index in [1.165, 1.54) is 25.1 Å². The number of nitrogens with zero attached hydrogens (tertiary/aromatic N) is 3. The number of amides is 1. The van der Waals surface area contributed by atoms with Crippen LogP contribution in [0.3, 0.4) is 0 Å². The topological polar surface area (TPSA) is 64.4 Å². The normalized spacial score (nSPS) is 14.0. The van der Waals surface area contributed by atoms with Crippen molar-refractivity contribution in [3.8, 4) is 6.07 Å². The molecule has 0 aliphatic carbocycles. The first-order chi connectivity index (χ1) is 12.5. The second kappa shape index (κ2) is 7.36. The maximum atomic E-state index is 13.3. The van der Waals surface area contributed by atoms with Gasteiger partial charge in [0.1, 0.15) is 5.82 Å². The molecule has 1 heterocycles. The van der Waals surface area contributed by atoms with Gasteiger partial charge in [-0.1, -0.05) is 6.07 Å². The first-order valence-corrected chi connectivity index (χ1v) is 8.34. The van der Waals surface area contributed by atoms with Gasteiger partial charge in [0.05, 0.1) is 11.6 Å². The number of rotatable bonds is 3. The van der Waals surface area contributed by atoms with Crippen molar-refractivity contribution >= 4 is 17.4 Å². The molecule has 0 spiro atoms. The standard InChI is InChI=1S/C20H18FN3O2/c1-14(25)18-6-5-15(13-22)11-19(18)23-7-9-24(10-8-23)20(26)16-3-2-4-17(21)12-16/h2-6,11-12H,7-10H2,1H3. The maximum absolute atomic E-state index is 13.3. The SMILES string of the molecule is CC(=O)c1ccc(C#N)cc1N1CCN(C(=O)c2cccc(F)c2)CC1. The predicted molar refractivity (Wildman–Crippen MR) is 95.7 cm³/mol. The van der Waals surface area contributed by atoms with Crippen molar-refractivity contribution in [3.63, 3.8) is 0 Å². The van der Waals surface area contributed by atoms with Crippen LogP contribution in [0.5, 0.6) is 0 Å². The van der Waals surface area contributed by atoms with E-state index in [9.17, 15) is 14.0 Å². The quantitative estimate of drug-likeness (QED) is 0.798. The Kier molecular flexibility index (Phi) is 4.99. The maximum Gasteiger partial charge on any atom is 0.254 e. The monoisotopic (exact) mass is 351 g/mol. The van der Waals surface area contributed by atoms with Crippen LogP contribution in [0, 0.1) is 17.1 Å². The molecule has 1 aliphatic rings. The fourth-order valence-corrected chi connectivity index (χ4v) is 3.12. The van der Waals surface area contributed by atoms with E-state index < -0.39 is 5.82 Å². The fourth-order valence-electron chi connectivity index (χ4n) is 3.12. The Bertz CT molecular complexity index is 896. The summed E-state index contributed by atoms with van der Waals surface area (Å²) in [6.45, 7) is 3.49. The molecule has 0 atom stereocenters. The Balaban J connectivity index is 1.76. The van der Waals surface area contributed by atoms with Crippen LogP contribution in [0.2, 0.25) is 0 Å². The van der Waals surface area contributed by atoms with Gasteiger partial charge in [0.2, 0.25) is 0 Å². The summed E-state index contributed by atoms with van der Waals surface area (Å²) in [6.07, 6.45) is 0. The smallest absolute Gasteiger partial charge is 0.254 e. The number of ketones is 1. The molecule has 0 N–H and O–H groups in total. The first-order valence-electron chi connectivity index (χ1n) is 8.34. The number of nitriles is 1. The average molecular weight is 351 g/mol. The van der Waals surface area contributed by atoms with Crippen LogP contribution in [0.1, 0.15) is 33.2 Å². The molecule has 0 bridgehead atoms. The van der Waals surface area contributed by atoms with Crippen molar-refractivity contribution in [2.45, 2.75) is 6.92 Å². The van der Waals surface area contributed by atoms with Crippen LogP contribution in [-0.4, -0.2) is 42.8 Å². The van der Waals surface area contributed by atoms with Crippen LogP contribution in [0.4, 0.5) is 10.1 Å². The van der Waals surface area contributed by atoms with E-state index in [-0.39, 0.29) is 11.7 Å². The molecule has 1 saturated heterocycles. The van der Waals surface area contributed by atoms with E-state index in [0.29, 0.717) is 42.9 Å². The lowest BCUT2D eigenvalue weighted by Gasteiger charge is -2.37. The van der Waals surface area contributed by atoms with E-state index in [1.54, 1.807) is 29.2 Å². The Morgan fingerprint density at radius 2 is 1.81 bits per heavy atom. The Morgan fingerprint density at radius 3 is 2.42 bits per heavy atom. The lowest BCUT2D eigenvalue weighted by molar-refractivity contribution is 0.0745. The third-order valence-electron chi connectivity index (χ3n) is 4.49. The summed E-state index contributed by atoms with van der Waals surface area (Å²) in [7, 11) is 0. The molecular formula is C20H18FN3O2. The average Bonchev–Trinajstić information content (AvgIpc) is 2.67. The minimum absolute atomic E-state index is 0.0669. The van der Waals surface area contributed by atoms with Crippen molar-refractivity contribution in [1.82, 2.24) is 4.90 Å². The molecule has 0 aromatic heterocycles. The number of piperazine rings is 1. The minimum atomic E-state index is -0.436. The van der Waals surface area contributed by atoms with Crippen LogP contribution < -0.4 is 4.90 Å². The number of hydrogen-bond donors (Lipinski definition) is 0. The van der Waals surface area contributed by atoms with Gasteiger partial charge in [-0.05, 0) is 43.3 Å². The number of carbonyl (C=O) groups is 2. The van der Waals surface area contributed by atoms with E-state index in [4.69, 9.17) is 5.26 Å². The van der Waals surface area contributed by atoms with Gasteiger partial charge in [-0.2, -0.15) is 5.26 Å². The molecule has 1 fully saturated rings. The molecule has 6 heteroatoms. The van der Waals surface area contributed by atoms with Gasteiger partial charge in [0, 0.05) is 43.0 Å². The van der Waals surface area contributed by atoms with Gasteiger partial charge in [0.25, 0.3) is 5.91 Å². The summed E-state index contributed by atoms with van der Waals surface area (Å²) < 4.78 is 13.3. The number of halogens is 1. The molecular weight excluding hydrogens is 333 g/mol. The Morgan fingerprint density at radius 1 is 1.08 bits per heavy atom. The molecule has 132 valence electrons. The highest BCUT2D eigenvalue weighted by atomic mass is 19.1.